The van der Waals surface area contributed by atoms with Crippen molar-refractivity contribution in [3.05, 3.63) is 14.9 Å². The summed E-state index contributed by atoms with van der Waals surface area (Å²) in [5, 5.41) is 0.859. The van der Waals surface area contributed by atoms with Crippen LogP contribution in [0.4, 0.5) is 0 Å². The molecule has 4 heteroatoms. The van der Waals surface area contributed by atoms with E-state index in [-0.39, 0.29) is 45.0 Å². The van der Waals surface area contributed by atoms with Crippen molar-refractivity contribution in [3.63, 3.8) is 0 Å². The van der Waals surface area contributed by atoms with Gasteiger partial charge in [0.05, 0.1) is 10.8 Å². The van der Waals surface area contributed by atoms with E-state index in [1.807, 2.05) is 0 Å². The second-order valence-corrected chi connectivity index (χ2v) is 19.3. The summed E-state index contributed by atoms with van der Waals surface area (Å²) in [7, 11) is -1.39. The van der Waals surface area contributed by atoms with E-state index in [4.69, 9.17) is 0 Å². The van der Waals surface area contributed by atoms with E-state index < -0.39 is 8.15 Å². The zero-order chi connectivity index (χ0) is 21.0. The third-order valence-corrected chi connectivity index (χ3v) is 13.5. The molecule has 0 aromatic carbocycles. The van der Waals surface area contributed by atoms with E-state index in [9.17, 15) is 4.89 Å². The van der Waals surface area contributed by atoms with Gasteiger partial charge in [0.1, 0.15) is 8.15 Å². The molecule has 30 heavy (non-hydrogen) atoms. The molecule has 2 fully saturated rings. The summed E-state index contributed by atoms with van der Waals surface area (Å²) in [6.07, 6.45) is 11.4. The van der Waals surface area contributed by atoms with Gasteiger partial charge in [-0.2, -0.15) is 0 Å². The average molecular weight is 504 g/mol. The Bertz CT molecular complexity index is 408. The molecule has 3 unspecified atom stereocenters. The topological polar surface area (TPSA) is 20.2 Å². The molecule has 2 rings (SSSR count). The molecule has 1 nitrogen and oxygen atoms in total. The SMILES string of the molecule is C1CCCC1.C[C@H](C1CCCC1[PH+](O)C(C)(C)C)P(C(C)(C)C)C(C)(C)C.[CH3-].[CH3-].[Fe+2]. The standard InChI is InChI=1S/C19H40OP2.C5H10.2CH3.Fe/c1-14(21(17(2,3)4)18(5,6)7)15-12-11-13-16(15)22(20)19(8,9)10;1-2-4-5-3-1;;;/h14-16,20H,11-13H2,1-10H3;1-5H2;2*1H3;/q;;2*-1;+2/p+1/t14-,15?,16?,22?;;;;/m1..../s1. The maximum atomic E-state index is 11.0. The largest absolute Gasteiger partial charge is 2.00 e. The Morgan fingerprint density at radius 1 is 0.733 bits per heavy atom. The Morgan fingerprint density at radius 3 is 1.40 bits per heavy atom. The quantitative estimate of drug-likeness (QED) is 0.231. The second kappa shape index (κ2) is 14.6. The molecule has 0 aromatic heterocycles. The molecule has 184 valence electrons. The van der Waals surface area contributed by atoms with Gasteiger partial charge in [-0.3, -0.25) is 4.89 Å². The first-order valence-corrected chi connectivity index (χ1v) is 14.5. The average Bonchev–Trinajstić information content (AvgIpc) is 3.16. The predicted octanol–water partition coefficient (Wildman–Crippen LogP) is 9.39. The minimum absolute atomic E-state index is 0. The van der Waals surface area contributed by atoms with Gasteiger partial charge >= 0.3 is 17.1 Å². The van der Waals surface area contributed by atoms with Crippen LogP contribution in [0.2, 0.25) is 0 Å². The fourth-order valence-corrected chi connectivity index (χ4v) is 13.6. The molecule has 4 atom stereocenters. The summed E-state index contributed by atoms with van der Waals surface area (Å²) in [6, 6.07) is 0. The molecule has 0 amide bonds. The van der Waals surface area contributed by atoms with Gasteiger partial charge in [-0.05, 0) is 56.0 Å². The van der Waals surface area contributed by atoms with Crippen LogP contribution < -0.4 is 0 Å². The van der Waals surface area contributed by atoms with Crippen LogP contribution in [0.5, 0.6) is 0 Å². The van der Waals surface area contributed by atoms with Gasteiger partial charge in [0.2, 0.25) is 0 Å². The summed E-state index contributed by atoms with van der Waals surface area (Å²) in [5.74, 6) is 0.739. The molecule has 0 heterocycles. The Kier molecular flexibility index (Phi) is 17.4. The third kappa shape index (κ3) is 11.0. The van der Waals surface area contributed by atoms with Crippen molar-refractivity contribution in [2.24, 2.45) is 5.92 Å². The van der Waals surface area contributed by atoms with Crippen molar-refractivity contribution >= 4 is 16.1 Å². The Labute approximate surface area is 205 Å². The van der Waals surface area contributed by atoms with E-state index >= 15 is 0 Å². The van der Waals surface area contributed by atoms with Gasteiger partial charge in [0.25, 0.3) is 0 Å². The molecule has 0 bridgehead atoms. The molecule has 0 aromatic rings. The summed E-state index contributed by atoms with van der Waals surface area (Å²) in [4.78, 5) is 11.0. The predicted molar refractivity (Wildman–Crippen MR) is 143 cm³/mol. The van der Waals surface area contributed by atoms with E-state index in [2.05, 4.69) is 69.2 Å². The van der Waals surface area contributed by atoms with Crippen LogP contribution >= 0.6 is 16.1 Å². The normalized spacial score (nSPS) is 24.0. The zero-order valence-electron chi connectivity index (χ0n) is 22.6. The zero-order valence-corrected chi connectivity index (χ0v) is 25.6. The Balaban J connectivity index is -0.000000796. The molecule has 0 spiro atoms. The van der Waals surface area contributed by atoms with Crippen molar-refractivity contribution < 1.29 is 22.0 Å². The van der Waals surface area contributed by atoms with Gasteiger partial charge in [-0.1, -0.05) is 88.5 Å². The molecule has 0 saturated heterocycles. The van der Waals surface area contributed by atoms with Gasteiger partial charge in [0.15, 0.2) is 0 Å². The van der Waals surface area contributed by atoms with Crippen molar-refractivity contribution in [3.8, 4) is 0 Å². The Hall–Kier alpha value is 1.34. The maximum absolute atomic E-state index is 11.0. The molecule has 2 aliphatic rings. The van der Waals surface area contributed by atoms with Crippen molar-refractivity contribution in [2.45, 2.75) is 147 Å². The van der Waals surface area contributed by atoms with Crippen LogP contribution in [-0.4, -0.2) is 31.7 Å². The van der Waals surface area contributed by atoms with E-state index in [0.29, 0.717) is 16.0 Å². The first-order chi connectivity index (χ1) is 12.2. The molecule has 2 aliphatic carbocycles. The monoisotopic (exact) mass is 503 g/mol. The summed E-state index contributed by atoms with van der Waals surface area (Å²) < 4.78 is 0. The van der Waals surface area contributed by atoms with E-state index in [0.717, 1.165) is 11.6 Å². The van der Waals surface area contributed by atoms with Crippen molar-refractivity contribution in [2.75, 3.05) is 0 Å². The summed E-state index contributed by atoms with van der Waals surface area (Å²) >= 11 is 0. The third-order valence-electron chi connectivity index (χ3n) is 6.41. The summed E-state index contributed by atoms with van der Waals surface area (Å²) in [5.41, 5.74) is 1.34. The van der Waals surface area contributed by atoms with Crippen molar-refractivity contribution in [1.29, 1.82) is 0 Å². The van der Waals surface area contributed by atoms with Gasteiger partial charge in [-0.15, -0.1) is 0 Å². The number of rotatable bonds is 3. The van der Waals surface area contributed by atoms with Gasteiger partial charge in [0, 0.05) is 5.92 Å². The summed E-state index contributed by atoms with van der Waals surface area (Å²) in [6.45, 7) is 23.8. The maximum Gasteiger partial charge on any atom is 2.00 e. The van der Waals surface area contributed by atoms with Crippen LogP contribution in [0.15, 0.2) is 0 Å². The minimum Gasteiger partial charge on any atom is -0.358 e. The van der Waals surface area contributed by atoms with E-state index in [1.165, 1.54) is 51.4 Å². The first kappa shape index (κ1) is 35.9. The molecule has 0 aliphatic heterocycles. The van der Waals surface area contributed by atoms with E-state index in [1.54, 1.807) is 0 Å². The van der Waals surface area contributed by atoms with Crippen molar-refractivity contribution in [1.82, 2.24) is 0 Å². The second-order valence-electron chi connectivity index (χ2n) is 12.1. The number of hydrogen-bond acceptors (Lipinski definition) is 1. The smallest absolute Gasteiger partial charge is 0.358 e. The van der Waals surface area contributed by atoms with Crippen LogP contribution in [0.1, 0.15) is 121 Å². The van der Waals surface area contributed by atoms with Crippen LogP contribution in [-0.2, 0) is 17.1 Å². The molecule has 0 radical (unpaired) electrons. The fourth-order valence-electron chi connectivity index (χ4n) is 5.77. The molecule has 2 saturated carbocycles. The van der Waals surface area contributed by atoms with Crippen LogP contribution in [0.3, 0.4) is 0 Å². The molecule has 1 N–H and O–H groups in total. The first-order valence-electron chi connectivity index (χ1n) is 11.5. The fraction of sp³-hybridized carbons (Fsp3) is 0.923. The number of hydrogen-bond donors (Lipinski definition) is 1. The molecular formula is C26H57FeOP2+. The van der Waals surface area contributed by atoms with Gasteiger partial charge < -0.3 is 14.9 Å². The van der Waals surface area contributed by atoms with Crippen LogP contribution in [0.25, 0.3) is 0 Å². The van der Waals surface area contributed by atoms with Crippen LogP contribution in [0, 0.1) is 20.8 Å². The van der Waals surface area contributed by atoms with Gasteiger partial charge in [-0.25, -0.2) is 0 Å². The minimum atomic E-state index is -1.29. The molecular weight excluding hydrogens is 446 g/mol. The Morgan fingerprint density at radius 2 is 1.10 bits per heavy atom.